The molecule has 0 saturated heterocycles. The Hall–Kier alpha value is -1.99. The van der Waals surface area contributed by atoms with Crippen molar-refractivity contribution in [1.82, 2.24) is 9.55 Å². The van der Waals surface area contributed by atoms with E-state index < -0.39 is 24.9 Å². The number of nitrogens with zero attached hydrogens (tertiary/aromatic N) is 1. The van der Waals surface area contributed by atoms with Crippen molar-refractivity contribution in [2.75, 3.05) is 0 Å². The first-order chi connectivity index (χ1) is 10.7. The van der Waals surface area contributed by atoms with Gasteiger partial charge in [-0.05, 0) is 24.6 Å². The molecule has 0 radical (unpaired) electrons. The molecule has 1 aromatic carbocycles. The second-order valence-electron chi connectivity index (χ2n) is 5.29. The molecular formula is C15H12ClF3N2O2. The van der Waals surface area contributed by atoms with Crippen molar-refractivity contribution in [2.24, 2.45) is 0 Å². The van der Waals surface area contributed by atoms with Gasteiger partial charge in [0.15, 0.2) is 0 Å². The van der Waals surface area contributed by atoms with Gasteiger partial charge in [0.1, 0.15) is 6.54 Å². The summed E-state index contributed by atoms with van der Waals surface area (Å²) in [6, 6.07) is 4.18. The maximum Gasteiger partial charge on any atom is 0.406 e. The number of aliphatic hydroxyl groups excluding tert-OH is 1. The van der Waals surface area contributed by atoms with E-state index >= 15 is 0 Å². The van der Waals surface area contributed by atoms with Gasteiger partial charge >= 0.3 is 6.18 Å². The molecule has 8 heteroatoms. The van der Waals surface area contributed by atoms with Crippen molar-refractivity contribution in [1.29, 1.82) is 0 Å². The number of benzene rings is 1. The number of alkyl halides is 3. The molecule has 23 heavy (non-hydrogen) atoms. The predicted octanol–water partition coefficient (Wildman–Crippen LogP) is 3.50. The third-order valence-electron chi connectivity index (χ3n) is 3.85. The monoisotopic (exact) mass is 344 g/mol. The normalized spacial score (nSPS) is 12.4. The molecule has 4 nitrogen and oxygen atoms in total. The zero-order valence-corrected chi connectivity index (χ0v) is 12.7. The first-order valence-electron chi connectivity index (χ1n) is 6.73. The Morgan fingerprint density at radius 1 is 1.30 bits per heavy atom. The Bertz CT molecular complexity index is 973. The summed E-state index contributed by atoms with van der Waals surface area (Å²) >= 11 is 6.14. The summed E-state index contributed by atoms with van der Waals surface area (Å²) < 4.78 is 39.6. The average Bonchev–Trinajstić information content (AvgIpc) is 2.68. The molecule has 2 aromatic heterocycles. The van der Waals surface area contributed by atoms with Crippen molar-refractivity contribution in [3.8, 4) is 0 Å². The standard InChI is InChI=1S/C15H12ClF3N2O2/c1-7-11(5-22)21(6-15(17,18)19)10-3-2-9-14(13(7)10)8(16)4-12(23)20-9/h2-4,22H,5-6H2,1H3,(H,20,23). The number of aryl methyl sites for hydroxylation is 1. The van der Waals surface area contributed by atoms with Crippen LogP contribution in [0.15, 0.2) is 23.0 Å². The van der Waals surface area contributed by atoms with Crippen LogP contribution in [0, 0.1) is 6.92 Å². The maximum absolute atomic E-state index is 12.9. The highest BCUT2D eigenvalue weighted by atomic mass is 35.5. The molecule has 0 bridgehead atoms. The van der Waals surface area contributed by atoms with Gasteiger partial charge in [-0.15, -0.1) is 0 Å². The third-order valence-corrected chi connectivity index (χ3v) is 4.15. The van der Waals surface area contributed by atoms with Crippen LogP contribution in [0.3, 0.4) is 0 Å². The SMILES string of the molecule is Cc1c(CO)n(CC(F)(F)F)c2ccc3[nH]c(=O)cc(Cl)c3c12. The molecule has 0 fully saturated rings. The van der Waals surface area contributed by atoms with Crippen LogP contribution in [0.1, 0.15) is 11.3 Å². The van der Waals surface area contributed by atoms with Crippen molar-refractivity contribution in [3.05, 3.63) is 44.8 Å². The third kappa shape index (κ3) is 2.60. The first-order valence-corrected chi connectivity index (χ1v) is 7.11. The summed E-state index contributed by atoms with van der Waals surface area (Å²) in [5.74, 6) is 0. The Labute approximate surface area is 133 Å². The van der Waals surface area contributed by atoms with E-state index in [0.29, 0.717) is 27.4 Å². The molecule has 3 rings (SSSR count). The number of aliphatic hydroxyl groups is 1. The number of fused-ring (bicyclic) bond motifs is 3. The zero-order chi connectivity index (χ0) is 16.9. The molecule has 0 spiro atoms. The number of aromatic nitrogens is 2. The first kappa shape index (κ1) is 15.9. The van der Waals surface area contributed by atoms with Crippen molar-refractivity contribution >= 4 is 33.4 Å². The minimum absolute atomic E-state index is 0.158. The molecule has 122 valence electrons. The molecule has 2 N–H and O–H groups in total. The number of H-pyrrole nitrogens is 1. The van der Waals surface area contributed by atoms with E-state index in [1.165, 1.54) is 18.2 Å². The number of aromatic amines is 1. The number of hydrogen-bond donors (Lipinski definition) is 2. The average molecular weight is 345 g/mol. The minimum Gasteiger partial charge on any atom is -0.390 e. The molecular weight excluding hydrogens is 333 g/mol. The number of rotatable bonds is 2. The van der Waals surface area contributed by atoms with Gasteiger partial charge in [0.05, 0.1) is 17.1 Å². The van der Waals surface area contributed by atoms with E-state index in [2.05, 4.69) is 4.98 Å². The largest absolute Gasteiger partial charge is 0.406 e. The van der Waals surface area contributed by atoms with Crippen LogP contribution < -0.4 is 5.56 Å². The fraction of sp³-hybridized carbons (Fsp3) is 0.267. The Balaban J connectivity index is 2.47. The number of pyridine rings is 1. The van der Waals surface area contributed by atoms with Crippen molar-refractivity contribution in [2.45, 2.75) is 26.3 Å². The number of hydrogen-bond acceptors (Lipinski definition) is 2. The lowest BCUT2D eigenvalue weighted by molar-refractivity contribution is -0.140. The maximum atomic E-state index is 12.9. The molecule has 3 aromatic rings. The highest BCUT2D eigenvalue weighted by Crippen LogP contribution is 2.36. The van der Waals surface area contributed by atoms with Crippen LogP contribution in [0.2, 0.25) is 5.02 Å². The van der Waals surface area contributed by atoms with Gasteiger partial charge in [0, 0.05) is 28.0 Å². The number of halogens is 4. The van der Waals surface area contributed by atoms with Crippen LogP contribution in [-0.4, -0.2) is 20.8 Å². The van der Waals surface area contributed by atoms with Crippen LogP contribution in [0.5, 0.6) is 0 Å². The summed E-state index contributed by atoms with van der Waals surface area (Å²) in [5, 5.41) is 10.6. The second-order valence-corrected chi connectivity index (χ2v) is 5.70. The van der Waals surface area contributed by atoms with E-state index in [-0.39, 0.29) is 10.7 Å². The lowest BCUT2D eigenvalue weighted by Gasteiger charge is -2.12. The van der Waals surface area contributed by atoms with Gasteiger partial charge < -0.3 is 14.7 Å². The highest BCUT2D eigenvalue weighted by molar-refractivity contribution is 6.37. The quantitative estimate of drug-likeness (QED) is 0.747. The van der Waals surface area contributed by atoms with E-state index in [1.54, 1.807) is 6.92 Å². The summed E-state index contributed by atoms with van der Waals surface area (Å²) in [7, 11) is 0. The highest BCUT2D eigenvalue weighted by Gasteiger charge is 2.31. The molecule has 0 amide bonds. The van der Waals surface area contributed by atoms with Crippen LogP contribution >= 0.6 is 11.6 Å². The van der Waals surface area contributed by atoms with Gasteiger partial charge in [-0.3, -0.25) is 4.79 Å². The van der Waals surface area contributed by atoms with Crippen molar-refractivity contribution in [3.63, 3.8) is 0 Å². The molecule has 2 heterocycles. The number of nitrogens with one attached hydrogen (secondary N) is 1. The van der Waals surface area contributed by atoms with Gasteiger partial charge in [-0.25, -0.2) is 0 Å². The van der Waals surface area contributed by atoms with Crippen LogP contribution in [0.25, 0.3) is 21.8 Å². The Kier molecular flexibility index (Phi) is 3.65. The van der Waals surface area contributed by atoms with Crippen LogP contribution in [0.4, 0.5) is 13.2 Å². The molecule has 0 aliphatic carbocycles. The summed E-state index contributed by atoms with van der Waals surface area (Å²) in [4.78, 5) is 14.1. The minimum atomic E-state index is -4.42. The molecule has 0 aliphatic heterocycles. The summed E-state index contributed by atoms with van der Waals surface area (Å²) in [6.45, 7) is -0.111. The van der Waals surface area contributed by atoms with Gasteiger partial charge in [0.2, 0.25) is 5.56 Å². The van der Waals surface area contributed by atoms with Gasteiger partial charge in [-0.1, -0.05) is 11.6 Å². The topological polar surface area (TPSA) is 58.0 Å². The fourth-order valence-electron chi connectivity index (χ4n) is 2.96. The van der Waals surface area contributed by atoms with Gasteiger partial charge in [-0.2, -0.15) is 13.2 Å². The Morgan fingerprint density at radius 2 is 2.00 bits per heavy atom. The Morgan fingerprint density at radius 3 is 2.61 bits per heavy atom. The van der Waals surface area contributed by atoms with E-state index in [0.717, 1.165) is 4.57 Å². The molecule has 0 atom stereocenters. The predicted molar refractivity (Wildman–Crippen MR) is 81.8 cm³/mol. The summed E-state index contributed by atoms with van der Waals surface area (Å²) in [6.07, 6.45) is -4.42. The van der Waals surface area contributed by atoms with E-state index in [4.69, 9.17) is 11.6 Å². The smallest absolute Gasteiger partial charge is 0.390 e. The molecule has 0 unspecified atom stereocenters. The fourth-order valence-corrected chi connectivity index (χ4v) is 3.26. The lowest BCUT2D eigenvalue weighted by Crippen LogP contribution is -2.19. The van der Waals surface area contributed by atoms with E-state index in [9.17, 15) is 23.1 Å². The van der Waals surface area contributed by atoms with E-state index in [1.807, 2.05) is 0 Å². The van der Waals surface area contributed by atoms with Crippen molar-refractivity contribution < 1.29 is 18.3 Å². The molecule has 0 saturated carbocycles. The van der Waals surface area contributed by atoms with Gasteiger partial charge in [0.25, 0.3) is 0 Å². The van der Waals surface area contributed by atoms with Crippen LogP contribution in [-0.2, 0) is 13.2 Å². The zero-order valence-electron chi connectivity index (χ0n) is 12.0. The molecule has 0 aliphatic rings. The second kappa shape index (κ2) is 5.28. The lowest BCUT2D eigenvalue weighted by atomic mass is 10.1. The summed E-state index contributed by atoms with van der Waals surface area (Å²) in [5.41, 5.74) is 1.03.